The lowest BCUT2D eigenvalue weighted by molar-refractivity contribution is -0.114. The second-order valence-corrected chi connectivity index (χ2v) is 6.58. The molecule has 110 valence electrons. The Bertz CT molecular complexity index is 677. The highest BCUT2D eigenvalue weighted by Gasteiger charge is 2.08. The molecule has 21 heavy (non-hydrogen) atoms. The van der Waals surface area contributed by atoms with Gasteiger partial charge in [0, 0.05) is 14.0 Å². The molecule has 2 aromatic rings. The number of anilines is 2. The first-order valence-electron chi connectivity index (χ1n) is 6.21. The Kier molecular flexibility index (Phi) is 5.67. The van der Waals surface area contributed by atoms with Gasteiger partial charge in [0.1, 0.15) is 0 Å². The third kappa shape index (κ3) is 4.46. The van der Waals surface area contributed by atoms with Crippen molar-refractivity contribution in [2.45, 2.75) is 6.92 Å². The van der Waals surface area contributed by atoms with E-state index >= 15 is 0 Å². The van der Waals surface area contributed by atoms with E-state index in [0.717, 1.165) is 25.9 Å². The van der Waals surface area contributed by atoms with Gasteiger partial charge in [0.25, 0.3) is 0 Å². The maximum Gasteiger partial charge on any atom is 0.243 e. The van der Waals surface area contributed by atoms with Gasteiger partial charge in [0.05, 0.1) is 17.9 Å². The molecule has 0 radical (unpaired) electrons. The third-order valence-electron chi connectivity index (χ3n) is 2.84. The van der Waals surface area contributed by atoms with Crippen LogP contribution in [-0.4, -0.2) is 12.5 Å². The Labute approximate surface area is 145 Å². The van der Waals surface area contributed by atoms with Gasteiger partial charge < -0.3 is 10.6 Å². The number of aryl methyl sites for hydroxylation is 1. The van der Waals surface area contributed by atoms with Crippen LogP contribution in [0.5, 0.6) is 0 Å². The SMILES string of the molecule is Cc1cc(Br)c(NCC(=O)Nc2ccccc2Br)cc1Cl. The van der Waals surface area contributed by atoms with Crippen LogP contribution >= 0.6 is 43.5 Å². The van der Waals surface area contributed by atoms with E-state index in [1.807, 2.05) is 37.3 Å². The Balaban J connectivity index is 1.99. The van der Waals surface area contributed by atoms with Crippen molar-refractivity contribution in [3.8, 4) is 0 Å². The van der Waals surface area contributed by atoms with E-state index in [4.69, 9.17) is 11.6 Å². The zero-order valence-electron chi connectivity index (χ0n) is 11.2. The fourth-order valence-corrected chi connectivity index (χ4v) is 2.86. The molecule has 0 heterocycles. The van der Waals surface area contributed by atoms with Gasteiger partial charge in [0.2, 0.25) is 5.91 Å². The molecule has 0 aliphatic heterocycles. The van der Waals surface area contributed by atoms with Crippen molar-refractivity contribution in [3.63, 3.8) is 0 Å². The molecule has 0 unspecified atom stereocenters. The number of carbonyl (C=O) groups excluding carboxylic acids is 1. The lowest BCUT2D eigenvalue weighted by Gasteiger charge is -2.11. The summed E-state index contributed by atoms with van der Waals surface area (Å²) < 4.78 is 1.72. The van der Waals surface area contributed by atoms with E-state index in [1.165, 1.54) is 0 Å². The number of para-hydroxylation sites is 1. The Hall–Kier alpha value is -1.04. The second-order valence-electron chi connectivity index (χ2n) is 4.46. The average Bonchev–Trinajstić information content (AvgIpc) is 2.44. The fourth-order valence-electron chi connectivity index (χ4n) is 1.71. The third-order valence-corrected chi connectivity index (χ3v) is 4.59. The summed E-state index contributed by atoms with van der Waals surface area (Å²) >= 11 is 12.9. The van der Waals surface area contributed by atoms with Crippen molar-refractivity contribution in [2.24, 2.45) is 0 Å². The van der Waals surface area contributed by atoms with Gasteiger partial charge in [-0.2, -0.15) is 0 Å². The summed E-state index contributed by atoms with van der Waals surface area (Å²) in [6.45, 7) is 2.08. The monoisotopic (exact) mass is 430 g/mol. The molecule has 0 aliphatic carbocycles. The van der Waals surface area contributed by atoms with Crippen molar-refractivity contribution >= 4 is 60.7 Å². The summed E-state index contributed by atoms with van der Waals surface area (Å²) in [4.78, 5) is 12.0. The predicted octanol–water partition coefficient (Wildman–Crippen LogP) is 5.22. The van der Waals surface area contributed by atoms with Crippen molar-refractivity contribution in [3.05, 3.63) is 55.9 Å². The smallest absolute Gasteiger partial charge is 0.243 e. The standard InChI is InChI=1S/C15H13Br2ClN2O/c1-9-6-11(17)14(7-12(9)18)19-8-15(21)20-13-5-3-2-4-10(13)16/h2-7,19H,8H2,1H3,(H,20,21). The van der Waals surface area contributed by atoms with Crippen LogP contribution in [0.1, 0.15) is 5.56 Å². The predicted molar refractivity (Wildman–Crippen MR) is 95.2 cm³/mol. The normalized spacial score (nSPS) is 10.3. The molecular weight excluding hydrogens is 419 g/mol. The number of carbonyl (C=O) groups is 1. The van der Waals surface area contributed by atoms with Crippen LogP contribution in [0.2, 0.25) is 5.02 Å². The van der Waals surface area contributed by atoms with Crippen molar-refractivity contribution < 1.29 is 4.79 Å². The van der Waals surface area contributed by atoms with Gasteiger partial charge >= 0.3 is 0 Å². The molecule has 1 amide bonds. The Morgan fingerprint density at radius 1 is 1.14 bits per heavy atom. The van der Waals surface area contributed by atoms with Crippen LogP contribution in [0.15, 0.2) is 45.3 Å². The van der Waals surface area contributed by atoms with Gasteiger partial charge in [-0.15, -0.1) is 0 Å². The number of benzene rings is 2. The lowest BCUT2D eigenvalue weighted by atomic mass is 10.2. The van der Waals surface area contributed by atoms with Crippen LogP contribution in [0.25, 0.3) is 0 Å². The Morgan fingerprint density at radius 3 is 2.57 bits per heavy atom. The molecule has 0 atom stereocenters. The molecule has 2 rings (SSSR count). The van der Waals surface area contributed by atoms with E-state index in [-0.39, 0.29) is 12.5 Å². The minimum absolute atomic E-state index is 0.134. The zero-order chi connectivity index (χ0) is 15.4. The minimum atomic E-state index is -0.134. The van der Waals surface area contributed by atoms with Gasteiger partial charge in [0.15, 0.2) is 0 Å². The first-order valence-corrected chi connectivity index (χ1v) is 8.17. The van der Waals surface area contributed by atoms with Crippen LogP contribution in [0, 0.1) is 6.92 Å². The zero-order valence-corrected chi connectivity index (χ0v) is 15.1. The molecular formula is C15H13Br2ClN2O. The van der Waals surface area contributed by atoms with Crippen LogP contribution in [0.4, 0.5) is 11.4 Å². The highest BCUT2D eigenvalue weighted by atomic mass is 79.9. The molecule has 0 aliphatic rings. The van der Waals surface area contributed by atoms with E-state index in [0.29, 0.717) is 5.02 Å². The van der Waals surface area contributed by atoms with E-state index in [9.17, 15) is 4.79 Å². The van der Waals surface area contributed by atoms with Gasteiger partial charge in [-0.25, -0.2) is 0 Å². The molecule has 0 aromatic heterocycles. The van der Waals surface area contributed by atoms with Gasteiger partial charge in [-0.3, -0.25) is 4.79 Å². The summed E-state index contributed by atoms with van der Waals surface area (Å²) in [5.41, 5.74) is 2.50. The van der Waals surface area contributed by atoms with Crippen LogP contribution < -0.4 is 10.6 Å². The quantitative estimate of drug-likeness (QED) is 0.695. The Morgan fingerprint density at radius 2 is 1.86 bits per heavy atom. The molecule has 0 fully saturated rings. The molecule has 0 saturated carbocycles. The number of halogens is 3. The number of rotatable bonds is 4. The van der Waals surface area contributed by atoms with E-state index < -0.39 is 0 Å². The van der Waals surface area contributed by atoms with Crippen LogP contribution in [-0.2, 0) is 4.79 Å². The fraction of sp³-hybridized carbons (Fsp3) is 0.133. The van der Waals surface area contributed by atoms with Crippen molar-refractivity contribution in [1.82, 2.24) is 0 Å². The van der Waals surface area contributed by atoms with Crippen molar-refractivity contribution in [2.75, 3.05) is 17.2 Å². The summed E-state index contributed by atoms with van der Waals surface area (Å²) in [6, 6.07) is 11.2. The van der Waals surface area contributed by atoms with Gasteiger partial charge in [-0.1, -0.05) is 23.7 Å². The average molecular weight is 433 g/mol. The summed E-state index contributed by atoms with van der Waals surface area (Å²) in [5, 5.41) is 6.55. The molecule has 2 N–H and O–H groups in total. The number of hydrogen-bond acceptors (Lipinski definition) is 2. The molecule has 3 nitrogen and oxygen atoms in total. The summed E-state index contributed by atoms with van der Waals surface area (Å²) in [6.07, 6.45) is 0. The molecule has 6 heteroatoms. The lowest BCUT2D eigenvalue weighted by Crippen LogP contribution is -2.22. The molecule has 0 bridgehead atoms. The largest absolute Gasteiger partial charge is 0.375 e. The summed E-state index contributed by atoms with van der Waals surface area (Å²) in [7, 11) is 0. The van der Waals surface area contributed by atoms with E-state index in [2.05, 4.69) is 42.5 Å². The number of amides is 1. The van der Waals surface area contributed by atoms with Gasteiger partial charge in [-0.05, 0) is 68.6 Å². The molecule has 0 spiro atoms. The second kappa shape index (κ2) is 7.29. The first kappa shape index (κ1) is 16.3. The molecule has 2 aromatic carbocycles. The summed E-state index contributed by atoms with van der Waals surface area (Å²) in [5.74, 6) is -0.134. The van der Waals surface area contributed by atoms with E-state index in [1.54, 1.807) is 6.07 Å². The number of nitrogens with one attached hydrogen (secondary N) is 2. The highest BCUT2D eigenvalue weighted by Crippen LogP contribution is 2.29. The maximum atomic E-state index is 12.0. The van der Waals surface area contributed by atoms with Crippen LogP contribution in [0.3, 0.4) is 0 Å². The topological polar surface area (TPSA) is 41.1 Å². The minimum Gasteiger partial charge on any atom is -0.375 e. The molecule has 0 saturated heterocycles. The first-order chi connectivity index (χ1) is 9.97. The van der Waals surface area contributed by atoms with Crippen molar-refractivity contribution in [1.29, 1.82) is 0 Å². The number of hydrogen-bond donors (Lipinski definition) is 2. The maximum absolute atomic E-state index is 12.0. The highest BCUT2D eigenvalue weighted by molar-refractivity contribution is 9.11.